The molecular formula is C56H46B2NP. The van der Waals surface area contributed by atoms with E-state index in [2.05, 4.69) is 216 Å². The average Bonchev–Trinajstić information content (AvgIpc) is 3.26. The number of aryl methyl sites for hydroxylation is 2. The van der Waals surface area contributed by atoms with Crippen molar-refractivity contribution in [2.75, 3.05) is 4.90 Å². The van der Waals surface area contributed by atoms with Gasteiger partial charge in [-0.15, -0.1) is 0 Å². The highest BCUT2D eigenvalue weighted by Crippen LogP contribution is 2.47. The van der Waals surface area contributed by atoms with Gasteiger partial charge in [0.2, 0.25) is 13.4 Å². The van der Waals surface area contributed by atoms with Crippen molar-refractivity contribution in [3.05, 3.63) is 203 Å². The van der Waals surface area contributed by atoms with Crippen molar-refractivity contribution >= 4 is 87.1 Å². The Morgan fingerprint density at radius 2 is 0.867 bits per heavy atom. The number of nitrogens with zero attached hydrogens (tertiary/aromatic N) is 1. The Morgan fingerprint density at radius 3 is 1.37 bits per heavy atom. The first-order valence-electron chi connectivity index (χ1n) is 21.6. The van der Waals surface area contributed by atoms with E-state index in [4.69, 9.17) is 0 Å². The fourth-order valence-electron chi connectivity index (χ4n) is 12.3. The van der Waals surface area contributed by atoms with E-state index in [1.165, 1.54) is 110 Å². The van der Waals surface area contributed by atoms with Crippen molar-refractivity contribution in [2.24, 2.45) is 0 Å². The van der Waals surface area contributed by atoms with Crippen molar-refractivity contribution in [3.8, 4) is 11.1 Å². The molecule has 4 heterocycles. The van der Waals surface area contributed by atoms with Gasteiger partial charge in [-0.2, -0.15) is 0 Å². The Hall–Kier alpha value is -5.88. The molecule has 12 rings (SSSR count). The largest absolute Gasteiger partial charge is 0.313 e. The van der Waals surface area contributed by atoms with Gasteiger partial charge in [0.15, 0.2) is 0 Å². The van der Waals surface area contributed by atoms with Gasteiger partial charge in [0.25, 0.3) is 0 Å². The second-order valence-electron chi connectivity index (χ2n) is 18.6. The highest BCUT2D eigenvalue weighted by molar-refractivity contribution is 7.79. The lowest BCUT2D eigenvalue weighted by Crippen LogP contribution is -2.70. The Balaban J connectivity index is 1.19. The third-order valence-electron chi connectivity index (χ3n) is 14.5. The van der Waals surface area contributed by atoms with Crippen LogP contribution in [-0.2, 0) is 10.8 Å². The standard InChI is InChI=1S/C56H46B2NP/c1-35-28-30-48-52-50(35)55(3,4)42-24-13-15-26-44(42)57(52)46-33-38(37-18-17-23-41(32-37)60(39-19-9-7-10-20-39)40-21-11-8-12-22-40)34-47-54(46)59(48)49-31-29-36(2)51-53(49)58(47)45-27-16-14-25-43(45)56(51,5)6/h7-34H,1-6H3. The molecule has 1 nitrogen and oxygen atoms in total. The maximum Gasteiger partial charge on any atom is 0.247 e. The van der Waals surface area contributed by atoms with E-state index in [-0.39, 0.29) is 24.3 Å². The first-order valence-corrected chi connectivity index (χ1v) is 22.9. The zero-order valence-electron chi connectivity index (χ0n) is 35.2. The van der Waals surface area contributed by atoms with E-state index in [0.29, 0.717) is 0 Å². The third-order valence-corrected chi connectivity index (χ3v) is 17.0. The van der Waals surface area contributed by atoms with Gasteiger partial charge in [0.05, 0.1) is 0 Å². The van der Waals surface area contributed by atoms with Crippen LogP contribution in [0.2, 0.25) is 0 Å². The topological polar surface area (TPSA) is 3.24 Å². The molecule has 4 aliphatic heterocycles. The minimum atomic E-state index is -0.760. The lowest BCUT2D eigenvalue weighted by Gasteiger charge is -2.51. The summed E-state index contributed by atoms with van der Waals surface area (Å²) in [6.07, 6.45) is 0. The summed E-state index contributed by atoms with van der Waals surface area (Å²) in [5.74, 6) is 0. The summed E-state index contributed by atoms with van der Waals surface area (Å²) in [7, 11) is -0.760. The van der Waals surface area contributed by atoms with Crippen LogP contribution in [0.3, 0.4) is 0 Å². The van der Waals surface area contributed by atoms with E-state index < -0.39 is 7.92 Å². The molecule has 0 saturated heterocycles. The highest BCUT2D eigenvalue weighted by atomic mass is 31.1. The van der Waals surface area contributed by atoms with Crippen LogP contribution in [0.5, 0.6) is 0 Å². The minimum Gasteiger partial charge on any atom is -0.313 e. The summed E-state index contributed by atoms with van der Waals surface area (Å²) in [6, 6.07) is 65.3. The summed E-state index contributed by atoms with van der Waals surface area (Å²) in [5, 5.41) is 4.11. The molecular weight excluding hydrogens is 739 g/mol. The molecule has 0 radical (unpaired) electrons. The van der Waals surface area contributed by atoms with Gasteiger partial charge < -0.3 is 4.90 Å². The van der Waals surface area contributed by atoms with Crippen molar-refractivity contribution in [1.29, 1.82) is 0 Å². The number of rotatable bonds is 4. The van der Waals surface area contributed by atoms with Gasteiger partial charge in [-0.25, -0.2) is 0 Å². The molecule has 0 aromatic heterocycles. The Kier molecular flexibility index (Phi) is 7.69. The molecule has 60 heavy (non-hydrogen) atoms. The summed E-state index contributed by atoms with van der Waals surface area (Å²) >= 11 is 0. The second kappa shape index (κ2) is 12.8. The van der Waals surface area contributed by atoms with Crippen LogP contribution >= 0.6 is 7.92 Å². The lowest BCUT2D eigenvalue weighted by molar-refractivity contribution is 0.640. The predicted octanol–water partition coefficient (Wildman–Crippen LogP) is 8.14. The van der Waals surface area contributed by atoms with Crippen LogP contribution in [0.25, 0.3) is 11.1 Å². The van der Waals surface area contributed by atoms with E-state index in [9.17, 15) is 0 Å². The van der Waals surface area contributed by atoms with E-state index in [0.717, 1.165) is 0 Å². The van der Waals surface area contributed by atoms with Gasteiger partial charge in [0, 0.05) is 27.9 Å². The molecule has 0 fully saturated rings. The lowest BCUT2D eigenvalue weighted by atomic mass is 9.26. The SMILES string of the molecule is Cc1ccc2c3c1C(C)(C)c1ccccc1B3c1cc(-c3cccc(P(c4ccccc4)c4ccccc4)c3)cc3c1N2c1ccc(C)c2c1B3c1ccccc1C2(C)C. The Morgan fingerprint density at radius 1 is 0.417 bits per heavy atom. The van der Waals surface area contributed by atoms with Crippen molar-refractivity contribution in [1.82, 2.24) is 0 Å². The smallest absolute Gasteiger partial charge is 0.247 e. The molecule has 0 N–H and O–H groups in total. The molecule has 0 aliphatic carbocycles. The van der Waals surface area contributed by atoms with Crippen LogP contribution in [0.1, 0.15) is 61.1 Å². The summed E-state index contributed by atoms with van der Waals surface area (Å²) in [6.45, 7) is 14.7. The predicted molar refractivity (Wildman–Crippen MR) is 261 cm³/mol. The van der Waals surface area contributed by atoms with Gasteiger partial charge in [-0.3, -0.25) is 0 Å². The molecule has 8 aromatic carbocycles. The van der Waals surface area contributed by atoms with Crippen molar-refractivity contribution in [3.63, 3.8) is 0 Å². The number of hydrogen-bond acceptors (Lipinski definition) is 1. The molecule has 286 valence electrons. The monoisotopic (exact) mass is 785 g/mol. The zero-order valence-corrected chi connectivity index (χ0v) is 36.1. The van der Waals surface area contributed by atoms with E-state index >= 15 is 0 Å². The maximum atomic E-state index is 2.70. The second-order valence-corrected chi connectivity index (χ2v) is 20.8. The van der Waals surface area contributed by atoms with Crippen molar-refractivity contribution < 1.29 is 0 Å². The zero-order chi connectivity index (χ0) is 40.7. The van der Waals surface area contributed by atoms with Crippen molar-refractivity contribution in [2.45, 2.75) is 52.4 Å². The molecule has 8 aromatic rings. The van der Waals surface area contributed by atoms with Gasteiger partial charge in [0.1, 0.15) is 0 Å². The van der Waals surface area contributed by atoms with Crippen LogP contribution in [0.4, 0.5) is 17.1 Å². The molecule has 4 aliphatic rings. The molecule has 0 saturated carbocycles. The number of benzene rings is 8. The molecule has 0 unspecified atom stereocenters. The van der Waals surface area contributed by atoms with E-state index in [1.54, 1.807) is 0 Å². The first-order chi connectivity index (χ1) is 29.1. The van der Waals surface area contributed by atoms with Crippen LogP contribution < -0.4 is 53.6 Å². The molecule has 4 heteroatoms. The number of anilines is 3. The summed E-state index contributed by atoms with van der Waals surface area (Å²) in [5.41, 5.74) is 23.6. The number of hydrogen-bond donors (Lipinski definition) is 0. The first kappa shape index (κ1) is 36.0. The maximum absolute atomic E-state index is 2.70. The van der Waals surface area contributed by atoms with Crippen LogP contribution in [-0.4, -0.2) is 13.4 Å². The van der Waals surface area contributed by atoms with E-state index in [1.807, 2.05) is 0 Å². The number of fused-ring (bicyclic) bond motifs is 8. The molecule has 0 atom stereocenters. The minimum absolute atomic E-state index is 0.111. The fourth-order valence-corrected chi connectivity index (χ4v) is 14.6. The molecule has 0 amide bonds. The van der Waals surface area contributed by atoms with Gasteiger partial charge in [-0.05, 0) is 122 Å². The quantitative estimate of drug-likeness (QED) is 0.129. The average molecular weight is 786 g/mol. The van der Waals surface area contributed by atoms with Crippen LogP contribution in [0.15, 0.2) is 170 Å². The summed E-state index contributed by atoms with van der Waals surface area (Å²) < 4.78 is 0. The molecule has 0 bridgehead atoms. The normalized spacial score (nSPS) is 15.5. The Labute approximate surface area is 357 Å². The third kappa shape index (κ3) is 4.82. The Bertz CT molecular complexity index is 2910. The fraction of sp³-hybridized carbons (Fsp3) is 0.143. The highest BCUT2D eigenvalue weighted by Gasteiger charge is 2.52. The van der Waals surface area contributed by atoms with Crippen LogP contribution in [0, 0.1) is 13.8 Å². The molecule has 0 spiro atoms. The summed E-state index contributed by atoms with van der Waals surface area (Å²) in [4.78, 5) is 2.70. The van der Waals surface area contributed by atoms with Gasteiger partial charge in [-0.1, -0.05) is 190 Å². The van der Waals surface area contributed by atoms with Gasteiger partial charge >= 0.3 is 0 Å².